The van der Waals surface area contributed by atoms with Crippen LogP contribution in [0.1, 0.15) is 49.3 Å². The predicted molar refractivity (Wildman–Crippen MR) is 96.7 cm³/mol. The highest BCUT2D eigenvalue weighted by Gasteiger charge is 2.43. The number of carbonyl (C=O) groups excluding carboxylic acids is 2. The van der Waals surface area contributed by atoms with Gasteiger partial charge in [-0.3, -0.25) is 0 Å². The van der Waals surface area contributed by atoms with E-state index in [1.54, 1.807) is 13.0 Å². The summed E-state index contributed by atoms with van der Waals surface area (Å²) >= 11 is 0. The fraction of sp³-hybridized carbons (Fsp3) is 0.300. The van der Waals surface area contributed by atoms with E-state index in [4.69, 9.17) is 23.7 Å². The largest absolute Gasteiger partial charge is 0.507 e. The number of aromatic hydroxyl groups is 1. The van der Waals surface area contributed by atoms with Gasteiger partial charge >= 0.3 is 11.9 Å². The van der Waals surface area contributed by atoms with Crippen LogP contribution in [0.4, 0.5) is 0 Å². The van der Waals surface area contributed by atoms with Gasteiger partial charge in [0, 0.05) is 12.7 Å². The van der Waals surface area contributed by atoms with E-state index in [2.05, 4.69) is 0 Å². The summed E-state index contributed by atoms with van der Waals surface area (Å²) in [6.07, 6.45) is -1.16. The number of benzene rings is 2. The van der Waals surface area contributed by atoms with Gasteiger partial charge in [-0.15, -0.1) is 0 Å². The molecule has 2 aliphatic rings. The lowest BCUT2D eigenvalue weighted by atomic mass is 10.0. The topological polar surface area (TPSA) is 121 Å². The third-order valence-corrected chi connectivity index (χ3v) is 5.04. The second-order valence-electron chi connectivity index (χ2n) is 6.62. The number of aliphatic hydroxyl groups is 1. The lowest BCUT2D eigenvalue weighted by Crippen LogP contribution is -2.11. The maximum atomic E-state index is 12.9. The van der Waals surface area contributed by atoms with Crippen LogP contribution in [0.2, 0.25) is 0 Å². The molecule has 29 heavy (non-hydrogen) atoms. The van der Waals surface area contributed by atoms with E-state index in [-0.39, 0.29) is 50.8 Å². The van der Waals surface area contributed by atoms with Crippen LogP contribution >= 0.6 is 0 Å². The Morgan fingerprint density at radius 2 is 1.76 bits per heavy atom. The quantitative estimate of drug-likeness (QED) is 0.589. The molecule has 0 saturated heterocycles. The van der Waals surface area contributed by atoms with E-state index in [9.17, 15) is 19.8 Å². The Morgan fingerprint density at radius 3 is 2.38 bits per heavy atom. The molecule has 0 amide bonds. The van der Waals surface area contributed by atoms with Crippen molar-refractivity contribution < 1.29 is 43.5 Å². The van der Waals surface area contributed by atoms with Crippen LogP contribution in [0.3, 0.4) is 0 Å². The molecule has 2 aliphatic heterocycles. The van der Waals surface area contributed by atoms with E-state index < -0.39 is 24.8 Å². The summed E-state index contributed by atoms with van der Waals surface area (Å²) in [6, 6.07) is 1.59. The van der Waals surface area contributed by atoms with Crippen LogP contribution in [0, 0.1) is 13.8 Å². The molecule has 1 atom stereocenters. The first kappa shape index (κ1) is 19.0. The molecule has 2 heterocycles. The van der Waals surface area contributed by atoms with Gasteiger partial charge in [0.25, 0.3) is 0 Å². The molecular weight excluding hydrogens is 384 g/mol. The Morgan fingerprint density at radius 1 is 1.03 bits per heavy atom. The van der Waals surface area contributed by atoms with E-state index in [1.807, 2.05) is 0 Å². The van der Waals surface area contributed by atoms with Gasteiger partial charge < -0.3 is 33.9 Å². The Hall–Kier alpha value is -3.30. The molecular formula is C20H18O9. The second kappa shape index (κ2) is 6.64. The minimum absolute atomic E-state index is 0.0116. The zero-order chi connectivity index (χ0) is 21.0. The summed E-state index contributed by atoms with van der Waals surface area (Å²) < 4.78 is 27.3. The number of hydrogen-bond donors (Lipinski definition) is 2. The molecule has 152 valence electrons. The van der Waals surface area contributed by atoms with Gasteiger partial charge in [0.15, 0.2) is 17.2 Å². The number of aliphatic hydroxyl groups excluding tert-OH is 1. The first-order valence-electron chi connectivity index (χ1n) is 8.68. The maximum absolute atomic E-state index is 12.9. The molecule has 2 aromatic rings. The van der Waals surface area contributed by atoms with Crippen molar-refractivity contribution in [3.8, 4) is 28.7 Å². The number of rotatable bonds is 3. The average molecular weight is 402 g/mol. The van der Waals surface area contributed by atoms with Crippen LogP contribution in [0.5, 0.6) is 28.7 Å². The summed E-state index contributed by atoms with van der Waals surface area (Å²) in [7, 11) is 2.75. The zero-order valence-corrected chi connectivity index (χ0v) is 16.1. The number of phenolic OH excluding ortho intramolecular Hbond substituents is 1. The smallest absolute Gasteiger partial charge is 0.347 e. The van der Waals surface area contributed by atoms with Crippen molar-refractivity contribution in [2.24, 2.45) is 0 Å². The highest BCUT2D eigenvalue weighted by Crippen LogP contribution is 2.54. The number of esters is 2. The van der Waals surface area contributed by atoms with Crippen LogP contribution in [-0.2, 0) is 16.1 Å². The monoisotopic (exact) mass is 402 g/mol. The van der Waals surface area contributed by atoms with Gasteiger partial charge in [0.05, 0.1) is 24.8 Å². The van der Waals surface area contributed by atoms with E-state index in [0.29, 0.717) is 11.3 Å². The minimum Gasteiger partial charge on any atom is -0.507 e. The van der Waals surface area contributed by atoms with Gasteiger partial charge in [-0.1, -0.05) is 0 Å². The van der Waals surface area contributed by atoms with Gasteiger partial charge in [-0.05, 0) is 25.5 Å². The van der Waals surface area contributed by atoms with Gasteiger partial charge in [0.1, 0.15) is 22.6 Å². The normalized spacial score (nSPS) is 16.8. The summed E-state index contributed by atoms with van der Waals surface area (Å²) in [4.78, 5) is 25.2. The van der Waals surface area contributed by atoms with Crippen molar-refractivity contribution in [2.45, 2.75) is 26.7 Å². The highest BCUT2D eigenvalue weighted by molar-refractivity contribution is 6.02. The van der Waals surface area contributed by atoms with Gasteiger partial charge in [-0.25, -0.2) is 9.59 Å². The molecule has 0 aromatic heterocycles. The lowest BCUT2D eigenvalue weighted by Gasteiger charge is -2.18. The Balaban J connectivity index is 2.08. The fourth-order valence-corrected chi connectivity index (χ4v) is 3.61. The van der Waals surface area contributed by atoms with E-state index in [1.165, 1.54) is 21.1 Å². The summed E-state index contributed by atoms with van der Waals surface area (Å²) in [5, 5.41) is 20.4. The number of carbonyl (C=O) groups is 2. The molecule has 1 unspecified atom stereocenters. The Kier molecular flexibility index (Phi) is 4.36. The summed E-state index contributed by atoms with van der Waals surface area (Å²) in [6.45, 7) is 2.67. The van der Waals surface area contributed by atoms with Gasteiger partial charge in [0.2, 0.25) is 6.29 Å². The molecule has 2 aromatic carbocycles. The second-order valence-corrected chi connectivity index (χ2v) is 6.62. The minimum atomic E-state index is -1.16. The number of phenols is 1. The molecule has 9 nitrogen and oxygen atoms in total. The van der Waals surface area contributed by atoms with Crippen LogP contribution in [0.15, 0.2) is 6.07 Å². The molecule has 9 heteroatoms. The van der Waals surface area contributed by atoms with Crippen molar-refractivity contribution in [1.29, 1.82) is 0 Å². The summed E-state index contributed by atoms with van der Waals surface area (Å²) in [5.41, 5.74) is 0.928. The van der Waals surface area contributed by atoms with Crippen molar-refractivity contribution in [3.05, 3.63) is 39.4 Å². The maximum Gasteiger partial charge on any atom is 0.347 e. The molecule has 0 radical (unpaired) electrons. The third-order valence-electron chi connectivity index (χ3n) is 5.04. The van der Waals surface area contributed by atoms with Crippen molar-refractivity contribution in [1.82, 2.24) is 0 Å². The number of hydrogen-bond acceptors (Lipinski definition) is 9. The van der Waals surface area contributed by atoms with Gasteiger partial charge in [-0.2, -0.15) is 0 Å². The predicted octanol–water partition coefficient (Wildman–Crippen LogP) is 2.65. The Bertz CT molecular complexity index is 1070. The number of cyclic esters (lactones) is 1. The molecule has 0 spiro atoms. The summed E-state index contributed by atoms with van der Waals surface area (Å²) in [5.74, 6) is -1.64. The average Bonchev–Trinajstić information content (AvgIpc) is 2.95. The number of ether oxygens (including phenoxy) is 5. The zero-order valence-electron chi connectivity index (χ0n) is 16.1. The van der Waals surface area contributed by atoms with Crippen LogP contribution in [-0.4, -0.2) is 36.4 Å². The number of fused-ring (bicyclic) bond motifs is 4. The van der Waals surface area contributed by atoms with Crippen molar-refractivity contribution in [3.63, 3.8) is 0 Å². The third kappa shape index (κ3) is 2.55. The fourth-order valence-electron chi connectivity index (χ4n) is 3.61. The highest BCUT2D eigenvalue weighted by atomic mass is 16.7. The van der Waals surface area contributed by atoms with Crippen LogP contribution < -0.4 is 14.2 Å². The first-order valence-corrected chi connectivity index (χ1v) is 8.68. The lowest BCUT2D eigenvalue weighted by molar-refractivity contribution is -0.0823. The molecule has 2 N–H and O–H groups in total. The van der Waals surface area contributed by atoms with Crippen LogP contribution in [0.25, 0.3) is 0 Å². The van der Waals surface area contributed by atoms with E-state index >= 15 is 0 Å². The van der Waals surface area contributed by atoms with Crippen molar-refractivity contribution in [2.75, 3.05) is 14.2 Å². The molecule has 0 saturated carbocycles. The number of methoxy groups -OCH3 is 2. The molecule has 4 rings (SSSR count). The van der Waals surface area contributed by atoms with Crippen molar-refractivity contribution >= 4 is 11.9 Å². The first-order chi connectivity index (χ1) is 13.8. The number of aryl methyl sites for hydroxylation is 1. The Labute approximate surface area is 165 Å². The molecule has 0 fully saturated rings. The molecule has 0 bridgehead atoms. The van der Waals surface area contributed by atoms with E-state index in [0.717, 1.165) is 0 Å². The SMILES string of the molecule is COc1cc(C)c2c(c1CO)Oc1c(c(C)c(O)c3c1C(OC)OC3=O)OC2=O. The standard InChI is InChI=1S/C20H18O9/c1-7-5-10(25-3)9(6-21)16-11(7)18(23)28-15-8(2)14(22)12-13(17(15)27-16)20(26-4)29-19(12)24/h5,20-22H,6H2,1-4H3. The molecule has 0 aliphatic carbocycles.